The van der Waals surface area contributed by atoms with Crippen molar-refractivity contribution in [2.75, 3.05) is 0 Å². The summed E-state index contributed by atoms with van der Waals surface area (Å²) in [5.41, 5.74) is 5.41. The largest absolute Gasteiger partial charge is 0.478 e. The lowest BCUT2D eigenvalue weighted by Crippen LogP contribution is -2.52. The molecule has 3 heteroatoms. The predicted octanol–water partition coefficient (Wildman–Crippen LogP) is 7.45. The summed E-state index contributed by atoms with van der Waals surface area (Å²) in [6.45, 7) is 15.7. The number of rotatable bonds is 4. The topological polar surface area (TPSA) is 54.4 Å². The van der Waals surface area contributed by atoms with Gasteiger partial charge in [-0.15, -0.1) is 0 Å². The number of hydrogen-bond acceptors (Lipinski definition) is 2. The van der Waals surface area contributed by atoms with Crippen molar-refractivity contribution < 1.29 is 14.7 Å². The van der Waals surface area contributed by atoms with Crippen molar-refractivity contribution in [1.82, 2.24) is 0 Å². The van der Waals surface area contributed by atoms with Crippen molar-refractivity contribution in [3.8, 4) is 0 Å². The molecule has 180 valence electrons. The van der Waals surface area contributed by atoms with E-state index in [0.717, 1.165) is 44.9 Å². The minimum atomic E-state index is -0.862. The summed E-state index contributed by atoms with van der Waals surface area (Å²) in [6.07, 6.45) is 15.7. The van der Waals surface area contributed by atoms with E-state index in [-0.39, 0.29) is 21.7 Å². The van der Waals surface area contributed by atoms with E-state index in [0.29, 0.717) is 23.2 Å². The maximum atomic E-state index is 12.8. The molecule has 0 amide bonds. The Morgan fingerprint density at radius 1 is 1.12 bits per heavy atom. The summed E-state index contributed by atoms with van der Waals surface area (Å²) in [4.78, 5) is 23.9. The standard InChI is InChI=1S/C30H42O3/c1-19(26(32)33)9-8-10-20(2)29(6)17-14-23-21-11-12-24-27(3,4)25(31)15-16-28(24,5)22(21)13-18-30(23,29)7/h8-10,14,20,24H,11-13,15-18H2,1-7H3,(H,32,33)/b10-8-,19-9+/t20-,24+,28-,29+,30-/m1/s1. The summed E-state index contributed by atoms with van der Waals surface area (Å²) in [5, 5.41) is 9.13. The molecular formula is C30H42O3. The third-order valence-corrected chi connectivity index (χ3v) is 10.8. The Hall–Kier alpha value is -1.90. The molecule has 0 aromatic heterocycles. The number of aliphatic carboxylic acids is 1. The molecule has 0 aromatic rings. The van der Waals surface area contributed by atoms with Gasteiger partial charge >= 0.3 is 5.97 Å². The lowest BCUT2D eigenvalue weighted by Gasteiger charge is -2.58. The van der Waals surface area contributed by atoms with Crippen LogP contribution in [0.4, 0.5) is 0 Å². The molecule has 4 rings (SSSR count). The number of fused-ring (bicyclic) bond motifs is 4. The molecule has 1 N–H and O–H groups in total. The lowest BCUT2D eigenvalue weighted by molar-refractivity contribution is -0.139. The molecule has 3 nitrogen and oxygen atoms in total. The highest BCUT2D eigenvalue weighted by molar-refractivity contribution is 5.86. The van der Waals surface area contributed by atoms with Crippen LogP contribution in [0.5, 0.6) is 0 Å². The highest BCUT2D eigenvalue weighted by Crippen LogP contribution is 2.69. The van der Waals surface area contributed by atoms with Gasteiger partial charge in [-0.3, -0.25) is 4.79 Å². The molecule has 0 heterocycles. The van der Waals surface area contributed by atoms with Crippen molar-refractivity contribution in [3.05, 3.63) is 46.6 Å². The van der Waals surface area contributed by atoms with Gasteiger partial charge in [-0.2, -0.15) is 0 Å². The van der Waals surface area contributed by atoms with E-state index in [2.05, 4.69) is 53.7 Å². The molecule has 33 heavy (non-hydrogen) atoms. The van der Waals surface area contributed by atoms with E-state index in [9.17, 15) is 9.59 Å². The summed E-state index contributed by atoms with van der Waals surface area (Å²) in [6, 6.07) is 0. The molecule has 0 spiro atoms. The van der Waals surface area contributed by atoms with E-state index in [1.807, 2.05) is 6.08 Å². The van der Waals surface area contributed by atoms with Crippen LogP contribution >= 0.6 is 0 Å². The number of carboxylic acid groups (broad SMARTS) is 1. The van der Waals surface area contributed by atoms with E-state index in [1.54, 1.807) is 29.7 Å². The Bertz CT molecular complexity index is 1010. The van der Waals surface area contributed by atoms with E-state index >= 15 is 0 Å². The number of ketones is 1. The highest BCUT2D eigenvalue weighted by Gasteiger charge is 2.59. The summed E-state index contributed by atoms with van der Waals surface area (Å²) in [7, 11) is 0. The molecule has 0 aromatic carbocycles. The van der Waals surface area contributed by atoms with Crippen LogP contribution in [-0.4, -0.2) is 16.9 Å². The average molecular weight is 451 g/mol. The minimum Gasteiger partial charge on any atom is -0.478 e. The maximum absolute atomic E-state index is 12.8. The maximum Gasteiger partial charge on any atom is 0.331 e. The molecular weight excluding hydrogens is 408 g/mol. The van der Waals surface area contributed by atoms with Gasteiger partial charge < -0.3 is 5.11 Å². The van der Waals surface area contributed by atoms with Crippen LogP contribution in [0.25, 0.3) is 0 Å². The Labute approximate surface area is 200 Å². The van der Waals surface area contributed by atoms with Gasteiger partial charge in [0, 0.05) is 17.4 Å². The molecule has 4 aliphatic carbocycles. The third kappa shape index (κ3) is 3.36. The van der Waals surface area contributed by atoms with Crippen molar-refractivity contribution in [1.29, 1.82) is 0 Å². The second-order valence-electron chi connectivity index (χ2n) is 12.5. The van der Waals surface area contributed by atoms with Gasteiger partial charge in [0.25, 0.3) is 0 Å². The van der Waals surface area contributed by atoms with Crippen molar-refractivity contribution in [2.24, 2.45) is 33.5 Å². The monoisotopic (exact) mass is 450 g/mol. The molecule has 0 radical (unpaired) electrons. The van der Waals surface area contributed by atoms with Crippen molar-refractivity contribution >= 4 is 11.8 Å². The first-order chi connectivity index (χ1) is 15.3. The second-order valence-corrected chi connectivity index (χ2v) is 12.5. The quantitative estimate of drug-likeness (QED) is 0.357. The van der Waals surface area contributed by atoms with E-state index in [4.69, 9.17) is 5.11 Å². The summed E-state index contributed by atoms with van der Waals surface area (Å²) >= 11 is 0. The molecule has 0 bridgehead atoms. The number of allylic oxidation sites excluding steroid dienone is 7. The number of Topliss-reactive ketones (excluding diaryl/α,β-unsaturated/α-hetero) is 1. The Balaban J connectivity index is 1.66. The summed E-state index contributed by atoms with van der Waals surface area (Å²) in [5.74, 6) is 0.386. The molecule has 5 atom stereocenters. The first kappa shape index (κ1) is 24.2. The van der Waals surface area contributed by atoms with E-state index in [1.165, 1.54) is 0 Å². The molecule has 0 saturated heterocycles. The van der Waals surface area contributed by atoms with Crippen LogP contribution in [0, 0.1) is 33.5 Å². The number of carbonyl (C=O) groups excluding carboxylic acids is 1. The average Bonchev–Trinajstić information content (AvgIpc) is 3.03. The van der Waals surface area contributed by atoms with Gasteiger partial charge in [0.1, 0.15) is 5.78 Å². The highest BCUT2D eigenvalue weighted by atomic mass is 16.4. The van der Waals surface area contributed by atoms with Crippen molar-refractivity contribution in [3.63, 3.8) is 0 Å². The first-order valence-electron chi connectivity index (χ1n) is 12.8. The fraction of sp³-hybridized carbons (Fsp3) is 0.667. The molecule has 4 aliphatic rings. The van der Waals surface area contributed by atoms with Crippen LogP contribution in [0.2, 0.25) is 0 Å². The van der Waals surface area contributed by atoms with Crippen LogP contribution in [0.15, 0.2) is 46.6 Å². The van der Waals surface area contributed by atoms with Crippen LogP contribution in [0.1, 0.15) is 93.4 Å². The van der Waals surface area contributed by atoms with Crippen LogP contribution in [-0.2, 0) is 9.59 Å². The second kappa shape index (κ2) is 7.82. The predicted molar refractivity (Wildman–Crippen MR) is 134 cm³/mol. The SMILES string of the molecule is C/C(=C\C=C/[C@@H](C)[C@]1(C)CC=C2C3=C(CC[C@]21C)[C@@]1(C)CCC(=O)C(C)(C)[C@@H]1CC3)C(=O)O. The minimum absolute atomic E-state index is 0.113. The number of hydrogen-bond donors (Lipinski definition) is 1. The molecule has 0 aliphatic heterocycles. The Kier molecular flexibility index (Phi) is 5.74. The number of carboxylic acids is 1. The normalized spacial score (nSPS) is 39.1. The van der Waals surface area contributed by atoms with Crippen molar-refractivity contribution in [2.45, 2.75) is 93.4 Å². The smallest absolute Gasteiger partial charge is 0.331 e. The Morgan fingerprint density at radius 2 is 1.82 bits per heavy atom. The zero-order valence-electron chi connectivity index (χ0n) is 21.7. The van der Waals surface area contributed by atoms with E-state index < -0.39 is 5.97 Å². The first-order valence-corrected chi connectivity index (χ1v) is 12.8. The number of carbonyl (C=O) groups is 2. The summed E-state index contributed by atoms with van der Waals surface area (Å²) < 4.78 is 0. The zero-order valence-corrected chi connectivity index (χ0v) is 21.7. The zero-order chi connectivity index (χ0) is 24.4. The van der Waals surface area contributed by atoms with Crippen LogP contribution < -0.4 is 0 Å². The third-order valence-electron chi connectivity index (χ3n) is 10.8. The molecule has 0 unspecified atom stereocenters. The van der Waals surface area contributed by atoms with Gasteiger partial charge in [-0.05, 0) is 84.7 Å². The fourth-order valence-corrected chi connectivity index (χ4v) is 8.08. The Morgan fingerprint density at radius 3 is 2.48 bits per heavy atom. The molecule has 1 fully saturated rings. The molecule has 1 saturated carbocycles. The van der Waals surface area contributed by atoms with Gasteiger partial charge in [0.15, 0.2) is 0 Å². The van der Waals surface area contributed by atoms with Gasteiger partial charge in [-0.25, -0.2) is 4.79 Å². The van der Waals surface area contributed by atoms with Gasteiger partial charge in [-0.1, -0.05) is 71.4 Å². The van der Waals surface area contributed by atoms with Gasteiger partial charge in [0.05, 0.1) is 0 Å². The fourth-order valence-electron chi connectivity index (χ4n) is 8.08. The van der Waals surface area contributed by atoms with Crippen LogP contribution in [0.3, 0.4) is 0 Å². The lowest BCUT2D eigenvalue weighted by atomic mass is 9.45. The van der Waals surface area contributed by atoms with Gasteiger partial charge in [0.2, 0.25) is 0 Å².